The zero-order valence-corrected chi connectivity index (χ0v) is 11.3. The molecule has 1 aliphatic heterocycles. The van der Waals surface area contributed by atoms with E-state index in [1.165, 1.54) is 6.33 Å². The van der Waals surface area contributed by atoms with Crippen molar-refractivity contribution in [2.24, 2.45) is 0 Å². The molecule has 19 heavy (non-hydrogen) atoms. The van der Waals surface area contributed by atoms with Crippen LogP contribution in [-0.4, -0.2) is 64.5 Å². The van der Waals surface area contributed by atoms with Crippen LogP contribution in [0.5, 0.6) is 0 Å². The van der Waals surface area contributed by atoms with Gasteiger partial charge in [0.15, 0.2) is 0 Å². The molecule has 1 unspecified atom stereocenters. The fraction of sp³-hybridized carbons (Fsp3) is 0.750. The SMILES string of the molecule is CC(CNC(=O)CCn1cncn1)N1CCOCC1. The number of nitrogens with one attached hydrogen (secondary N) is 1. The lowest BCUT2D eigenvalue weighted by molar-refractivity contribution is -0.121. The van der Waals surface area contributed by atoms with Crippen molar-refractivity contribution in [1.82, 2.24) is 25.0 Å². The van der Waals surface area contributed by atoms with Gasteiger partial charge in [0.1, 0.15) is 12.7 Å². The summed E-state index contributed by atoms with van der Waals surface area (Å²) in [5, 5.41) is 6.92. The van der Waals surface area contributed by atoms with Crippen molar-refractivity contribution in [3.63, 3.8) is 0 Å². The van der Waals surface area contributed by atoms with E-state index in [1.54, 1.807) is 11.0 Å². The predicted octanol–water partition coefficient (Wildman–Crippen LogP) is -0.495. The van der Waals surface area contributed by atoms with Gasteiger partial charge in [-0.15, -0.1) is 0 Å². The number of morpholine rings is 1. The Morgan fingerprint density at radius 2 is 2.26 bits per heavy atom. The second kappa shape index (κ2) is 7.20. The molecule has 1 atom stereocenters. The fourth-order valence-corrected chi connectivity index (χ4v) is 2.06. The van der Waals surface area contributed by atoms with Gasteiger partial charge in [-0.05, 0) is 6.92 Å². The van der Waals surface area contributed by atoms with Crippen molar-refractivity contribution in [3.8, 4) is 0 Å². The quantitative estimate of drug-likeness (QED) is 0.752. The summed E-state index contributed by atoms with van der Waals surface area (Å²) in [6.45, 7) is 6.82. The molecule has 0 aromatic carbocycles. The summed E-state index contributed by atoms with van der Waals surface area (Å²) in [6, 6.07) is 0.347. The molecular formula is C12H21N5O2. The topological polar surface area (TPSA) is 72.3 Å². The van der Waals surface area contributed by atoms with Crippen LogP contribution in [0, 0.1) is 0 Å². The molecule has 0 bridgehead atoms. The van der Waals surface area contributed by atoms with E-state index in [1.807, 2.05) is 0 Å². The molecule has 2 heterocycles. The third kappa shape index (κ3) is 4.60. The Morgan fingerprint density at radius 1 is 1.47 bits per heavy atom. The number of carbonyl (C=O) groups excluding carboxylic acids is 1. The predicted molar refractivity (Wildman–Crippen MR) is 69.5 cm³/mol. The van der Waals surface area contributed by atoms with Crippen molar-refractivity contribution in [2.45, 2.75) is 25.9 Å². The van der Waals surface area contributed by atoms with E-state index in [0.29, 0.717) is 25.6 Å². The first kappa shape index (κ1) is 14.0. The summed E-state index contributed by atoms with van der Waals surface area (Å²) in [4.78, 5) is 17.9. The number of aryl methyl sites for hydroxylation is 1. The molecule has 0 spiro atoms. The normalized spacial score (nSPS) is 18.2. The maximum atomic E-state index is 11.7. The van der Waals surface area contributed by atoms with E-state index in [-0.39, 0.29) is 5.91 Å². The molecule has 7 heteroatoms. The molecule has 0 radical (unpaired) electrons. The summed E-state index contributed by atoms with van der Waals surface area (Å²) in [7, 11) is 0. The number of rotatable bonds is 6. The molecule has 1 fully saturated rings. The van der Waals surface area contributed by atoms with Gasteiger partial charge in [0.25, 0.3) is 0 Å². The third-order valence-corrected chi connectivity index (χ3v) is 3.30. The van der Waals surface area contributed by atoms with Crippen molar-refractivity contribution < 1.29 is 9.53 Å². The Morgan fingerprint density at radius 3 is 2.95 bits per heavy atom. The monoisotopic (exact) mass is 267 g/mol. The number of carbonyl (C=O) groups is 1. The highest BCUT2D eigenvalue weighted by atomic mass is 16.5. The highest BCUT2D eigenvalue weighted by Gasteiger charge is 2.17. The van der Waals surface area contributed by atoms with Crippen LogP contribution in [0.15, 0.2) is 12.7 Å². The van der Waals surface area contributed by atoms with Crippen molar-refractivity contribution >= 4 is 5.91 Å². The van der Waals surface area contributed by atoms with Gasteiger partial charge in [0.2, 0.25) is 5.91 Å². The summed E-state index contributed by atoms with van der Waals surface area (Å²) in [5.41, 5.74) is 0. The van der Waals surface area contributed by atoms with Gasteiger partial charge < -0.3 is 10.1 Å². The minimum atomic E-state index is 0.0515. The average Bonchev–Trinajstić information content (AvgIpc) is 2.96. The van der Waals surface area contributed by atoms with E-state index in [0.717, 1.165) is 26.3 Å². The Labute approximate surface area is 112 Å². The number of amides is 1. The Bertz CT molecular complexity index is 375. The molecule has 1 N–H and O–H groups in total. The third-order valence-electron chi connectivity index (χ3n) is 3.30. The van der Waals surface area contributed by atoms with E-state index < -0.39 is 0 Å². The second-order valence-electron chi connectivity index (χ2n) is 4.71. The minimum Gasteiger partial charge on any atom is -0.379 e. The lowest BCUT2D eigenvalue weighted by Crippen LogP contribution is -2.47. The minimum absolute atomic E-state index is 0.0515. The van der Waals surface area contributed by atoms with Crippen LogP contribution in [0.1, 0.15) is 13.3 Å². The molecule has 2 rings (SSSR count). The standard InChI is InChI=1S/C12H21N5O2/c1-11(16-4-6-19-7-5-16)8-14-12(18)2-3-17-10-13-9-15-17/h9-11H,2-8H2,1H3,(H,14,18). The second-order valence-corrected chi connectivity index (χ2v) is 4.71. The van der Waals surface area contributed by atoms with Crippen LogP contribution < -0.4 is 5.32 Å². The van der Waals surface area contributed by atoms with E-state index in [4.69, 9.17) is 4.74 Å². The van der Waals surface area contributed by atoms with Gasteiger partial charge in [-0.3, -0.25) is 14.4 Å². The van der Waals surface area contributed by atoms with Gasteiger partial charge in [0, 0.05) is 32.1 Å². The molecule has 0 aliphatic carbocycles. The van der Waals surface area contributed by atoms with Crippen LogP contribution in [0.3, 0.4) is 0 Å². The Hall–Kier alpha value is -1.47. The molecule has 7 nitrogen and oxygen atoms in total. The smallest absolute Gasteiger partial charge is 0.221 e. The maximum Gasteiger partial charge on any atom is 0.221 e. The van der Waals surface area contributed by atoms with Crippen molar-refractivity contribution in [1.29, 1.82) is 0 Å². The van der Waals surface area contributed by atoms with Crippen molar-refractivity contribution in [2.75, 3.05) is 32.8 Å². The lowest BCUT2D eigenvalue weighted by Gasteiger charge is -2.32. The van der Waals surface area contributed by atoms with Crippen LogP contribution in [0.4, 0.5) is 0 Å². The molecular weight excluding hydrogens is 246 g/mol. The van der Waals surface area contributed by atoms with Crippen LogP contribution in [-0.2, 0) is 16.1 Å². The number of aromatic nitrogens is 3. The molecule has 1 saturated heterocycles. The lowest BCUT2D eigenvalue weighted by atomic mass is 10.2. The number of hydrogen-bond acceptors (Lipinski definition) is 5. The number of nitrogens with zero attached hydrogens (tertiary/aromatic N) is 4. The highest BCUT2D eigenvalue weighted by Crippen LogP contribution is 2.02. The molecule has 0 saturated carbocycles. The van der Waals surface area contributed by atoms with Crippen molar-refractivity contribution in [3.05, 3.63) is 12.7 Å². The molecule has 1 aromatic rings. The summed E-state index contributed by atoms with van der Waals surface area (Å²) < 4.78 is 6.97. The van der Waals surface area contributed by atoms with Gasteiger partial charge in [0.05, 0.1) is 19.8 Å². The summed E-state index contributed by atoms with van der Waals surface area (Å²) in [6.07, 6.45) is 3.52. The van der Waals surface area contributed by atoms with E-state index >= 15 is 0 Å². The Kier molecular flexibility index (Phi) is 5.29. The zero-order chi connectivity index (χ0) is 13.5. The average molecular weight is 267 g/mol. The van der Waals surface area contributed by atoms with Crippen LogP contribution >= 0.6 is 0 Å². The molecule has 1 aliphatic rings. The zero-order valence-electron chi connectivity index (χ0n) is 11.3. The first-order valence-electron chi connectivity index (χ1n) is 6.66. The van der Waals surface area contributed by atoms with Crippen LogP contribution in [0.25, 0.3) is 0 Å². The Balaban J connectivity index is 1.62. The van der Waals surface area contributed by atoms with Crippen LogP contribution in [0.2, 0.25) is 0 Å². The largest absolute Gasteiger partial charge is 0.379 e. The fourth-order valence-electron chi connectivity index (χ4n) is 2.06. The molecule has 106 valence electrons. The van der Waals surface area contributed by atoms with Gasteiger partial charge in [-0.1, -0.05) is 0 Å². The van der Waals surface area contributed by atoms with E-state index in [9.17, 15) is 4.79 Å². The molecule has 1 amide bonds. The molecule has 1 aromatic heterocycles. The van der Waals surface area contributed by atoms with Gasteiger partial charge >= 0.3 is 0 Å². The van der Waals surface area contributed by atoms with Gasteiger partial charge in [-0.25, -0.2) is 4.98 Å². The highest BCUT2D eigenvalue weighted by molar-refractivity contribution is 5.75. The maximum absolute atomic E-state index is 11.7. The number of ether oxygens (including phenoxy) is 1. The van der Waals surface area contributed by atoms with Gasteiger partial charge in [-0.2, -0.15) is 5.10 Å². The summed E-state index contributed by atoms with van der Waals surface area (Å²) in [5.74, 6) is 0.0515. The number of hydrogen-bond donors (Lipinski definition) is 1. The first-order chi connectivity index (χ1) is 9.25. The van der Waals surface area contributed by atoms with E-state index in [2.05, 4.69) is 27.2 Å². The summed E-state index contributed by atoms with van der Waals surface area (Å²) >= 11 is 0. The first-order valence-corrected chi connectivity index (χ1v) is 6.66.